The summed E-state index contributed by atoms with van der Waals surface area (Å²) in [7, 11) is 1.39. The number of ether oxygens (including phenoxy) is 4. The van der Waals surface area contributed by atoms with E-state index in [9.17, 15) is 4.79 Å². The summed E-state index contributed by atoms with van der Waals surface area (Å²) in [6.45, 7) is 9.32. The van der Waals surface area contributed by atoms with E-state index in [2.05, 4.69) is 43.2 Å². The van der Waals surface area contributed by atoms with Gasteiger partial charge in [0.2, 0.25) is 5.75 Å². The highest BCUT2D eigenvalue weighted by atomic mass is 16.5. The predicted molar refractivity (Wildman–Crippen MR) is 254 cm³/mol. The Morgan fingerprint density at radius 1 is 0.508 bits per heavy atom. The Kier molecular flexibility index (Phi) is 29.7. The highest BCUT2D eigenvalue weighted by molar-refractivity contribution is 5.89. The lowest BCUT2D eigenvalue weighted by Crippen LogP contribution is -2.08. The second kappa shape index (κ2) is 35.0. The SMILES string of the molecule is CCCCCCCCCCCCOc1cc(Cn2cc(-c3ccc(C(=O)OC)cc3)nn2)cc(OCCCCCCCCCCCC)c1OCCCCCCCCCCCC. The van der Waals surface area contributed by atoms with Gasteiger partial charge in [-0.15, -0.1) is 5.10 Å². The largest absolute Gasteiger partial charge is 0.490 e. The van der Waals surface area contributed by atoms with Gasteiger partial charge in [0.1, 0.15) is 5.69 Å². The third kappa shape index (κ3) is 23.5. The lowest BCUT2D eigenvalue weighted by molar-refractivity contribution is 0.0600. The minimum atomic E-state index is -0.358. The number of benzene rings is 2. The Bertz CT molecular complexity index is 1460. The first kappa shape index (κ1) is 51.8. The van der Waals surface area contributed by atoms with Crippen LogP contribution in [-0.2, 0) is 11.3 Å². The molecule has 0 saturated heterocycles. The molecule has 2 aromatic carbocycles. The van der Waals surface area contributed by atoms with Crippen molar-refractivity contribution in [3.05, 3.63) is 53.7 Å². The monoisotopic (exact) mass is 846 g/mol. The van der Waals surface area contributed by atoms with E-state index in [0.717, 1.165) is 53.3 Å². The molecule has 0 saturated carbocycles. The molecule has 3 aromatic rings. The Morgan fingerprint density at radius 2 is 0.885 bits per heavy atom. The molecule has 0 unspecified atom stereocenters. The summed E-state index contributed by atoms with van der Waals surface area (Å²) in [6.07, 6.45) is 40.6. The van der Waals surface area contributed by atoms with Crippen LogP contribution in [0.25, 0.3) is 11.3 Å². The Balaban J connectivity index is 1.68. The number of esters is 1. The Morgan fingerprint density at radius 3 is 1.28 bits per heavy atom. The van der Waals surface area contributed by atoms with Crippen LogP contribution in [0, 0.1) is 0 Å². The standard InChI is InChI=1S/C53H87N3O5/c1-5-8-11-14-17-20-23-26-29-32-39-59-50-42-46(44-56-45-49(54-55-56)47-35-37-48(38-36-47)53(57)58-4)43-51(60-40-33-30-27-24-21-18-15-12-9-6-2)52(50)61-41-34-31-28-25-22-19-16-13-10-7-3/h35-38,42-43,45H,5-34,39-41,44H2,1-4H3. The normalized spacial score (nSPS) is 11.3. The number of carbonyl (C=O) groups is 1. The van der Waals surface area contributed by atoms with Crippen molar-refractivity contribution in [3.63, 3.8) is 0 Å². The molecule has 0 atom stereocenters. The van der Waals surface area contributed by atoms with Gasteiger partial charge in [0.25, 0.3) is 0 Å². The van der Waals surface area contributed by atoms with Gasteiger partial charge in [-0.25, -0.2) is 9.48 Å². The van der Waals surface area contributed by atoms with E-state index in [1.807, 2.05) is 23.0 Å². The van der Waals surface area contributed by atoms with Gasteiger partial charge in [-0.1, -0.05) is 211 Å². The molecule has 0 amide bonds. The first-order valence-corrected chi connectivity index (χ1v) is 25.2. The van der Waals surface area contributed by atoms with Gasteiger partial charge < -0.3 is 18.9 Å². The molecule has 0 fully saturated rings. The van der Waals surface area contributed by atoms with Crippen molar-refractivity contribution < 1.29 is 23.7 Å². The van der Waals surface area contributed by atoms with Crippen LogP contribution in [0.5, 0.6) is 17.2 Å². The van der Waals surface area contributed by atoms with Crippen LogP contribution in [0.1, 0.15) is 229 Å². The number of rotatable bonds is 40. The van der Waals surface area contributed by atoms with Gasteiger partial charge in [0, 0.05) is 5.56 Å². The molecule has 1 aromatic heterocycles. The fraction of sp³-hybridized carbons (Fsp3) is 0.717. The average molecular weight is 846 g/mol. The van der Waals surface area contributed by atoms with Gasteiger partial charge in [-0.2, -0.15) is 0 Å². The van der Waals surface area contributed by atoms with E-state index in [4.69, 9.17) is 18.9 Å². The zero-order valence-corrected chi connectivity index (χ0v) is 39.5. The van der Waals surface area contributed by atoms with E-state index in [0.29, 0.717) is 31.9 Å². The van der Waals surface area contributed by atoms with Crippen molar-refractivity contribution in [3.8, 4) is 28.5 Å². The van der Waals surface area contributed by atoms with E-state index in [1.165, 1.54) is 180 Å². The lowest BCUT2D eigenvalue weighted by atomic mass is 10.1. The molecule has 8 nitrogen and oxygen atoms in total. The fourth-order valence-corrected chi connectivity index (χ4v) is 7.98. The summed E-state index contributed by atoms with van der Waals surface area (Å²) >= 11 is 0. The van der Waals surface area contributed by atoms with Crippen LogP contribution >= 0.6 is 0 Å². The van der Waals surface area contributed by atoms with Crippen LogP contribution in [0.15, 0.2) is 42.6 Å². The molecular weight excluding hydrogens is 759 g/mol. The van der Waals surface area contributed by atoms with Crippen LogP contribution in [0.2, 0.25) is 0 Å². The predicted octanol–water partition coefficient (Wildman–Crippen LogP) is 15.7. The maximum Gasteiger partial charge on any atom is 0.337 e. The highest BCUT2D eigenvalue weighted by Gasteiger charge is 2.18. The topological polar surface area (TPSA) is 84.7 Å². The van der Waals surface area contributed by atoms with E-state index in [-0.39, 0.29) is 5.97 Å². The molecule has 61 heavy (non-hydrogen) atoms. The zero-order valence-electron chi connectivity index (χ0n) is 39.5. The van der Waals surface area contributed by atoms with E-state index < -0.39 is 0 Å². The van der Waals surface area contributed by atoms with Crippen molar-refractivity contribution in [1.29, 1.82) is 0 Å². The van der Waals surface area contributed by atoms with Gasteiger partial charge in [-0.3, -0.25) is 0 Å². The second-order valence-corrected chi connectivity index (χ2v) is 17.4. The number of hydrogen-bond donors (Lipinski definition) is 0. The first-order valence-electron chi connectivity index (χ1n) is 25.2. The molecule has 0 bridgehead atoms. The summed E-state index contributed by atoms with van der Waals surface area (Å²) in [5, 5.41) is 8.94. The molecule has 344 valence electrons. The lowest BCUT2D eigenvalue weighted by Gasteiger charge is -2.19. The molecule has 0 aliphatic carbocycles. The van der Waals surface area contributed by atoms with Gasteiger partial charge >= 0.3 is 5.97 Å². The van der Waals surface area contributed by atoms with Crippen LogP contribution in [-0.4, -0.2) is 47.9 Å². The molecule has 0 aliphatic heterocycles. The van der Waals surface area contributed by atoms with Crippen molar-refractivity contribution in [2.24, 2.45) is 0 Å². The number of carbonyl (C=O) groups excluding carboxylic acids is 1. The summed E-state index contributed by atoms with van der Waals surface area (Å²) < 4.78 is 26.6. The minimum Gasteiger partial charge on any atom is -0.490 e. The van der Waals surface area contributed by atoms with E-state index >= 15 is 0 Å². The zero-order chi connectivity index (χ0) is 43.4. The van der Waals surface area contributed by atoms with Gasteiger partial charge in [0.05, 0.1) is 45.2 Å². The number of nitrogens with zero attached hydrogens (tertiary/aromatic N) is 3. The maximum absolute atomic E-state index is 12.0. The van der Waals surface area contributed by atoms with Crippen molar-refractivity contribution in [2.75, 3.05) is 26.9 Å². The Hall–Kier alpha value is -3.55. The number of unbranched alkanes of at least 4 members (excludes halogenated alkanes) is 27. The molecule has 3 rings (SSSR count). The minimum absolute atomic E-state index is 0.358. The van der Waals surface area contributed by atoms with Crippen LogP contribution in [0.3, 0.4) is 0 Å². The quantitative estimate of drug-likeness (QED) is 0.0416. The average Bonchev–Trinajstić information content (AvgIpc) is 3.75. The fourth-order valence-electron chi connectivity index (χ4n) is 7.98. The van der Waals surface area contributed by atoms with Crippen molar-refractivity contribution >= 4 is 5.97 Å². The van der Waals surface area contributed by atoms with Crippen LogP contribution < -0.4 is 14.2 Å². The molecule has 8 heteroatoms. The van der Waals surface area contributed by atoms with Crippen LogP contribution in [0.4, 0.5) is 0 Å². The Labute approximate surface area is 372 Å². The maximum atomic E-state index is 12.0. The second-order valence-electron chi connectivity index (χ2n) is 17.4. The first-order chi connectivity index (χ1) is 30.1. The molecular formula is C53H87N3O5. The molecule has 0 spiro atoms. The van der Waals surface area contributed by atoms with Gasteiger partial charge in [0.15, 0.2) is 11.5 Å². The summed E-state index contributed by atoms with van der Waals surface area (Å²) in [5.74, 6) is 1.90. The van der Waals surface area contributed by atoms with Crippen molar-refractivity contribution in [2.45, 2.75) is 220 Å². The van der Waals surface area contributed by atoms with E-state index in [1.54, 1.807) is 12.1 Å². The molecule has 0 radical (unpaired) electrons. The third-order valence-corrected chi connectivity index (χ3v) is 11.8. The summed E-state index contributed by atoms with van der Waals surface area (Å²) in [6, 6.07) is 11.5. The van der Waals surface area contributed by atoms with Crippen molar-refractivity contribution in [1.82, 2.24) is 15.0 Å². The summed E-state index contributed by atoms with van der Waals surface area (Å²) in [5.41, 5.74) is 3.16. The molecule has 1 heterocycles. The highest BCUT2D eigenvalue weighted by Crippen LogP contribution is 2.40. The number of hydrogen-bond acceptors (Lipinski definition) is 7. The number of aromatic nitrogens is 3. The summed E-state index contributed by atoms with van der Waals surface area (Å²) in [4.78, 5) is 12.0. The third-order valence-electron chi connectivity index (χ3n) is 11.8. The number of methoxy groups -OCH3 is 1. The molecule has 0 N–H and O–H groups in total. The smallest absolute Gasteiger partial charge is 0.337 e. The molecule has 0 aliphatic rings. The van der Waals surface area contributed by atoms with Gasteiger partial charge in [-0.05, 0) is 49.1 Å².